The lowest BCUT2D eigenvalue weighted by Crippen LogP contribution is -2.30. The molecule has 19 heavy (non-hydrogen) atoms. The van der Waals surface area contributed by atoms with E-state index in [0.717, 1.165) is 11.3 Å². The first-order chi connectivity index (χ1) is 9.20. The van der Waals surface area contributed by atoms with E-state index in [1.165, 1.54) is 4.90 Å². The molecule has 3 heteroatoms. The van der Waals surface area contributed by atoms with Gasteiger partial charge in [0.25, 0.3) is 0 Å². The standard InChI is InChI=1S/C16H15NOS/c1-12(18)11-16(13-7-3-2-4-8-13)17-14-9-5-6-10-15(14)19-16/h2-10,17H,11H2,1H3. The Morgan fingerprint density at radius 2 is 1.79 bits per heavy atom. The molecule has 1 N–H and O–H groups in total. The number of para-hydroxylation sites is 1. The molecule has 1 unspecified atom stereocenters. The zero-order chi connectivity index (χ0) is 13.3. The molecular weight excluding hydrogens is 254 g/mol. The topological polar surface area (TPSA) is 29.1 Å². The minimum atomic E-state index is -0.364. The molecule has 0 saturated carbocycles. The molecule has 2 aromatic carbocycles. The first-order valence-corrected chi connectivity index (χ1v) is 7.12. The fourth-order valence-corrected chi connectivity index (χ4v) is 3.90. The number of carbonyl (C=O) groups is 1. The zero-order valence-electron chi connectivity index (χ0n) is 10.7. The lowest BCUT2D eigenvalue weighted by atomic mass is 10.0. The van der Waals surface area contributed by atoms with Crippen LogP contribution in [0.25, 0.3) is 0 Å². The number of carbonyl (C=O) groups excluding carboxylic acids is 1. The Morgan fingerprint density at radius 1 is 1.11 bits per heavy atom. The van der Waals surface area contributed by atoms with Crippen molar-refractivity contribution in [3.05, 3.63) is 60.2 Å². The molecule has 0 radical (unpaired) electrons. The molecule has 3 rings (SSSR count). The Bertz CT molecular complexity index is 584. The van der Waals surface area contributed by atoms with Gasteiger partial charge in [0.05, 0.1) is 0 Å². The number of hydrogen-bond acceptors (Lipinski definition) is 3. The zero-order valence-corrected chi connectivity index (χ0v) is 11.5. The summed E-state index contributed by atoms with van der Waals surface area (Å²) in [6, 6.07) is 18.4. The molecule has 2 aromatic rings. The average molecular weight is 269 g/mol. The number of benzene rings is 2. The fraction of sp³-hybridized carbons (Fsp3) is 0.188. The predicted molar refractivity (Wildman–Crippen MR) is 79.3 cm³/mol. The Hall–Kier alpha value is -1.74. The van der Waals surface area contributed by atoms with Gasteiger partial charge in [0.1, 0.15) is 10.7 Å². The maximum absolute atomic E-state index is 11.7. The van der Waals surface area contributed by atoms with Gasteiger partial charge in [0.2, 0.25) is 0 Å². The summed E-state index contributed by atoms with van der Waals surface area (Å²) in [7, 11) is 0. The molecule has 0 aliphatic carbocycles. The third-order valence-electron chi connectivity index (χ3n) is 3.25. The number of nitrogens with one attached hydrogen (secondary N) is 1. The van der Waals surface area contributed by atoms with Crippen molar-refractivity contribution in [3.8, 4) is 0 Å². The van der Waals surface area contributed by atoms with E-state index in [9.17, 15) is 4.79 Å². The van der Waals surface area contributed by atoms with Gasteiger partial charge in [0.15, 0.2) is 0 Å². The quantitative estimate of drug-likeness (QED) is 0.912. The highest BCUT2D eigenvalue weighted by atomic mass is 32.2. The summed E-state index contributed by atoms with van der Waals surface area (Å²) in [6.45, 7) is 1.65. The molecule has 96 valence electrons. The maximum atomic E-state index is 11.7. The van der Waals surface area contributed by atoms with E-state index in [1.54, 1.807) is 18.7 Å². The minimum absolute atomic E-state index is 0.191. The van der Waals surface area contributed by atoms with Crippen LogP contribution in [0.15, 0.2) is 59.5 Å². The molecule has 0 aromatic heterocycles. The van der Waals surface area contributed by atoms with Crippen molar-refractivity contribution in [1.82, 2.24) is 0 Å². The monoisotopic (exact) mass is 269 g/mol. The summed E-state index contributed by atoms with van der Waals surface area (Å²) in [4.78, 5) is 12.5. The molecule has 1 aliphatic rings. The SMILES string of the molecule is CC(=O)CC1(c2ccccc2)Nc2ccccc2S1. The number of Topliss-reactive ketones (excluding diaryl/α,β-unsaturated/α-hetero) is 1. The highest BCUT2D eigenvalue weighted by Crippen LogP contribution is 2.52. The van der Waals surface area contributed by atoms with E-state index in [0.29, 0.717) is 6.42 Å². The van der Waals surface area contributed by atoms with Gasteiger partial charge in [0, 0.05) is 17.0 Å². The Balaban J connectivity index is 2.04. The Labute approximate surface area is 117 Å². The third kappa shape index (κ3) is 2.26. The molecule has 0 bridgehead atoms. The first kappa shape index (κ1) is 12.3. The summed E-state index contributed by atoms with van der Waals surface area (Å²) in [5, 5.41) is 3.54. The molecule has 0 spiro atoms. The van der Waals surface area contributed by atoms with Gasteiger partial charge in [-0.05, 0) is 24.6 Å². The fourth-order valence-electron chi connectivity index (χ4n) is 2.46. The van der Waals surface area contributed by atoms with E-state index in [4.69, 9.17) is 0 Å². The van der Waals surface area contributed by atoms with E-state index in [2.05, 4.69) is 29.6 Å². The molecule has 0 fully saturated rings. The normalized spacial score (nSPS) is 20.7. The van der Waals surface area contributed by atoms with Crippen LogP contribution in [0.5, 0.6) is 0 Å². The lowest BCUT2D eigenvalue weighted by Gasteiger charge is -2.28. The van der Waals surface area contributed by atoms with Crippen molar-refractivity contribution in [3.63, 3.8) is 0 Å². The van der Waals surface area contributed by atoms with Crippen LogP contribution >= 0.6 is 11.8 Å². The highest BCUT2D eigenvalue weighted by molar-refractivity contribution is 8.00. The lowest BCUT2D eigenvalue weighted by molar-refractivity contribution is -0.117. The van der Waals surface area contributed by atoms with Gasteiger partial charge >= 0.3 is 0 Å². The molecule has 0 amide bonds. The van der Waals surface area contributed by atoms with Gasteiger partial charge in [-0.3, -0.25) is 4.79 Å². The molecule has 1 aliphatic heterocycles. The van der Waals surface area contributed by atoms with Gasteiger partial charge < -0.3 is 5.32 Å². The Kier molecular flexibility index (Phi) is 3.07. The van der Waals surface area contributed by atoms with Gasteiger partial charge in [-0.25, -0.2) is 0 Å². The number of thioether (sulfide) groups is 1. The second-order valence-electron chi connectivity index (χ2n) is 4.80. The van der Waals surface area contributed by atoms with E-state index < -0.39 is 0 Å². The van der Waals surface area contributed by atoms with Crippen molar-refractivity contribution < 1.29 is 4.79 Å². The van der Waals surface area contributed by atoms with E-state index in [-0.39, 0.29) is 10.7 Å². The van der Waals surface area contributed by atoms with Crippen LogP contribution in [0.2, 0.25) is 0 Å². The van der Waals surface area contributed by atoms with Crippen molar-refractivity contribution in [1.29, 1.82) is 0 Å². The van der Waals surface area contributed by atoms with Crippen LogP contribution in [0.3, 0.4) is 0 Å². The molecule has 2 nitrogen and oxygen atoms in total. The number of hydrogen-bond donors (Lipinski definition) is 1. The van der Waals surface area contributed by atoms with E-state index >= 15 is 0 Å². The second-order valence-corrected chi connectivity index (χ2v) is 6.14. The Morgan fingerprint density at radius 3 is 2.47 bits per heavy atom. The van der Waals surface area contributed by atoms with Crippen molar-refractivity contribution >= 4 is 23.2 Å². The minimum Gasteiger partial charge on any atom is -0.365 e. The van der Waals surface area contributed by atoms with Gasteiger partial charge in [-0.15, -0.1) is 0 Å². The summed E-state index contributed by atoms with van der Waals surface area (Å²) >= 11 is 1.73. The molecular formula is C16H15NOS. The molecule has 1 heterocycles. The number of fused-ring (bicyclic) bond motifs is 1. The smallest absolute Gasteiger partial charge is 0.133 e. The third-order valence-corrected chi connectivity index (χ3v) is 4.65. The second kappa shape index (κ2) is 4.74. The maximum Gasteiger partial charge on any atom is 0.133 e. The van der Waals surface area contributed by atoms with Crippen LogP contribution in [0.1, 0.15) is 18.9 Å². The van der Waals surface area contributed by atoms with Crippen LogP contribution < -0.4 is 5.32 Å². The summed E-state index contributed by atoms with van der Waals surface area (Å²) in [5.41, 5.74) is 2.25. The van der Waals surface area contributed by atoms with Gasteiger partial charge in [-0.2, -0.15) is 0 Å². The summed E-state index contributed by atoms with van der Waals surface area (Å²) in [5.74, 6) is 0.191. The molecule has 0 saturated heterocycles. The van der Waals surface area contributed by atoms with Crippen molar-refractivity contribution in [2.24, 2.45) is 0 Å². The van der Waals surface area contributed by atoms with Gasteiger partial charge in [-0.1, -0.05) is 54.2 Å². The predicted octanol–water partition coefficient (Wildman–Crippen LogP) is 4.04. The van der Waals surface area contributed by atoms with Crippen molar-refractivity contribution in [2.75, 3.05) is 5.32 Å². The number of ketones is 1. The number of anilines is 1. The number of rotatable bonds is 3. The van der Waals surface area contributed by atoms with Crippen LogP contribution in [-0.4, -0.2) is 5.78 Å². The summed E-state index contributed by atoms with van der Waals surface area (Å²) in [6.07, 6.45) is 0.483. The molecule has 1 atom stereocenters. The largest absolute Gasteiger partial charge is 0.365 e. The first-order valence-electron chi connectivity index (χ1n) is 6.31. The van der Waals surface area contributed by atoms with Crippen molar-refractivity contribution in [2.45, 2.75) is 23.1 Å². The highest BCUT2D eigenvalue weighted by Gasteiger charge is 2.40. The summed E-state index contributed by atoms with van der Waals surface area (Å²) < 4.78 is 0. The van der Waals surface area contributed by atoms with E-state index in [1.807, 2.05) is 30.3 Å². The van der Waals surface area contributed by atoms with Crippen LogP contribution in [-0.2, 0) is 9.67 Å². The van der Waals surface area contributed by atoms with Crippen LogP contribution in [0, 0.1) is 0 Å². The van der Waals surface area contributed by atoms with Crippen LogP contribution in [0.4, 0.5) is 5.69 Å². The average Bonchev–Trinajstić information content (AvgIpc) is 2.78.